The van der Waals surface area contributed by atoms with Gasteiger partial charge in [-0.15, -0.1) is 0 Å². The normalized spacial score (nSPS) is 30.9. The molecule has 3 atom stereocenters. The molecule has 1 aromatic rings. The van der Waals surface area contributed by atoms with Crippen LogP contribution in [-0.4, -0.2) is 18.8 Å². The van der Waals surface area contributed by atoms with Crippen molar-refractivity contribution in [1.29, 1.82) is 0 Å². The highest BCUT2D eigenvalue weighted by molar-refractivity contribution is 6.30. The first-order valence-electron chi connectivity index (χ1n) is 6.74. The maximum absolute atomic E-state index is 6.01. The number of ether oxygens (including phenoxy) is 1. The lowest BCUT2D eigenvalue weighted by Gasteiger charge is -2.54. The van der Waals surface area contributed by atoms with E-state index in [1.165, 1.54) is 0 Å². The molecule has 0 amide bonds. The van der Waals surface area contributed by atoms with Gasteiger partial charge in [0.1, 0.15) is 0 Å². The van der Waals surface area contributed by atoms with E-state index in [0.29, 0.717) is 12.1 Å². The van der Waals surface area contributed by atoms with Gasteiger partial charge in [-0.3, -0.25) is 0 Å². The molecule has 1 aromatic carbocycles. The molecular formula is C15H22ClNO. The second kappa shape index (κ2) is 5.50. The zero-order valence-corrected chi connectivity index (χ0v) is 12.1. The molecule has 1 aliphatic carbocycles. The van der Waals surface area contributed by atoms with Gasteiger partial charge in [0.25, 0.3) is 0 Å². The molecule has 2 nitrogen and oxygen atoms in total. The third-order valence-corrected chi connectivity index (χ3v) is 4.51. The quantitative estimate of drug-likeness (QED) is 0.857. The van der Waals surface area contributed by atoms with Crippen molar-refractivity contribution in [2.75, 3.05) is 11.9 Å². The van der Waals surface area contributed by atoms with Crippen molar-refractivity contribution < 1.29 is 4.74 Å². The van der Waals surface area contributed by atoms with Crippen molar-refractivity contribution in [3.8, 4) is 0 Å². The third-order valence-electron chi connectivity index (χ3n) is 4.28. The molecule has 0 saturated heterocycles. The van der Waals surface area contributed by atoms with Crippen LogP contribution in [0, 0.1) is 5.41 Å². The molecule has 0 radical (unpaired) electrons. The van der Waals surface area contributed by atoms with E-state index in [4.69, 9.17) is 16.3 Å². The number of nitrogens with one attached hydrogen (secondary N) is 1. The van der Waals surface area contributed by atoms with Gasteiger partial charge in [0.05, 0.1) is 6.10 Å². The molecule has 0 spiro atoms. The van der Waals surface area contributed by atoms with Gasteiger partial charge in [0, 0.05) is 28.8 Å². The lowest BCUT2D eigenvalue weighted by Crippen LogP contribution is -2.59. The Morgan fingerprint density at radius 3 is 2.83 bits per heavy atom. The van der Waals surface area contributed by atoms with E-state index in [9.17, 15) is 0 Å². The summed E-state index contributed by atoms with van der Waals surface area (Å²) >= 11 is 6.01. The van der Waals surface area contributed by atoms with E-state index in [-0.39, 0.29) is 5.41 Å². The predicted molar refractivity (Wildman–Crippen MR) is 77.3 cm³/mol. The Hall–Kier alpha value is -0.730. The maximum atomic E-state index is 6.01. The minimum absolute atomic E-state index is 0.221. The molecule has 2 rings (SSSR count). The van der Waals surface area contributed by atoms with Gasteiger partial charge in [-0.1, -0.05) is 31.5 Å². The summed E-state index contributed by atoms with van der Waals surface area (Å²) in [7, 11) is 0. The summed E-state index contributed by atoms with van der Waals surface area (Å²) in [5, 5.41) is 4.36. The number of anilines is 1. The molecule has 0 bridgehead atoms. The Kier molecular flexibility index (Phi) is 4.18. The second-order valence-corrected chi connectivity index (χ2v) is 5.68. The van der Waals surface area contributed by atoms with Crippen LogP contribution in [0.1, 0.15) is 33.6 Å². The fraction of sp³-hybridized carbons (Fsp3) is 0.600. The van der Waals surface area contributed by atoms with Crippen LogP contribution in [0.5, 0.6) is 0 Å². The van der Waals surface area contributed by atoms with Crippen LogP contribution in [-0.2, 0) is 4.74 Å². The molecule has 3 unspecified atom stereocenters. The van der Waals surface area contributed by atoms with Crippen molar-refractivity contribution in [2.24, 2.45) is 5.41 Å². The van der Waals surface area contributed by atoms with Crippen molar-refractivity contribution in [3.63, 3.8) is 0 Å². The smallest absolute Gasteiger partial charge is 0.0667 e. The summed E-state index contributed by atoms with van der Waals surface area (Å²) in [6.45, 7) is 7.40. The van der Waals surface area contributed by atoms with Gasteiger partial charge < -0.3 is 10.1 Å². The summed E-state index contributed by atoms with van der Waals surface area (Å²) in [5.74, 6) is 0. The average molecular weight is 268 g/mol. The van der Waals surface area contributed by atoms with Crippen molar-refractivity contribution in [1.82, 2.24) is 0 Å². The standard InChI is InChI=1S/C15H22ClNO/c1-4-15(3)13(10-14(15)18-5-2)17-12-8-6-7-11(16)9-12/h6-9,13-14,17H,4-5,10H2,1-3H3. The molecule has 0 aliphatic heterocycles. The summed E-state index contributed by atoms with van der Waals surface area (Å²) in [4.78, 5) is 0. The molecular weight excluding hydrogens is 246 g/mol. The van der Waals surface area contributed by atoms with Crippen LogP contribution in [0.3, 0.4) is 0 Å². The van der Waals surface area contributed by atoms with Crippen molar-refractivity contribution in [3.05, 3.63) is 29.3 Å². The van der Waals surface area contributed by atoms with Crippen LogP contribution in [0.4, 0.5) is 5.69 Å². The summed E-state index contributed by atoms with van der Waals surface area (Å²) in [5.41, 5.74) is 1.32. The van der Waals surface area contributed by atoms with Gasteiger partial charge in [0.2, 0.25) is 0 Å². The van der Waals surface area contributed by atoms with Gasteiger partial charge in [-0.05, 0) is 38.0 Å². The summed E-state index contributed by atoms with van der Waals surface area (Å²) in [6.07, 6.45) is 2.57. The molecule has 3 heteroatoms. The van der Waals surface area contributed by atoms with Crippen molar-refractivity contribution in [2.45, 2.75) is 45.8 Å². The number of halogens is 1. The first-order chi connectivity index (χ1) is 8.60. The fourth-order valence-corrected chi connectivity index (χ4v) is 2.94. The highest BCUT2D eigenvalue weighted by atomic mass is 35.5. The van der Waals surface area contributed by atoms with E-state index in [1.54, 1.807) is 0 Å². The monoisotopic (exact) mass is 267 g/mol. The number of hydrogen-bond donors (Lipinski definition) is 1. The van der Waals surface area contributed by atoms with Gasteiger partial charge >= 0.3 is 0 Å². The van der Waals surface area contributed by atoms with Crippen molar-refractivity contribution >= 4 is 17.3 Å². The van der Waals surface area contributed by atoms with Gasteiger partial charge in [0.15, 0.2) is 0 Å². The summed E-state index contributed by atoms with van der Waals surface area (Å²) < 4.78 is 5.81. The minimum atomic E-state index is 0.221. The van der Waals surface area contributed by atoms with E-state index < -0.39 is 0 Å². The molecule has 0 aromatic heterocycles. The largest absolute Gasteiger partial charge is 0.382 e. The molecule has 1 N–H and O–H groups in total. The maximum Gasteiger partial charge on any atom is 0.0667 e. The van der Waals surface area contributed by atoms with Crippen LogP contribution in [0.25, 0.3) is 0 Å². The van der Waals surface area contributed by atoms with Gasteiger partial charge in [-0.2, -0.15) is 0 Å². The van der Waals surface area contributed by atoms with E-state index >= 15 is 0 Å². The van der Waals surface area contributed by atoms with Gasteiger partial charge in [-0.25, -0.2) is 0 Å². The van der Waals surface area contributed by atoms with Crippen LogP contribution < -0.4 is 5.32 Å². The Morgan fingerprint density at radius 1 is 1.44 bits per heavy atom. The summed E-state index contributed by atoms with van der Waals surface area (Å²) in [6, 6.07) is 8.39. The highest BCUT2D eigenvalue weighted by Crippen LogP contribution is 2.47. The van der Waals surface area contributed by atoms with Crippen LogP contribution in [0.15, 0.2) is 24.3 Å². The molecule has 0 heterocycles. The number of rotatable bonds is 5. The lowest BCUT2D eigenvalue weighted by molar-refractivity contribution is -0.109. The Bertz CT molecular complexity index is 409. The zero-order valence-electron chi connectivity index (χ0n) is 11.4. The Labute approximate surface area is 115 Å². The molecule has 1 fully saturated rings. The van der Waals surface area contributed by atoms with Crippen LogP contribution in [0.2, 0.25) is 5.02 Å². The fourth-order valence-electron chi connectivity index (χ4n) is 2.75. The Balaban J connectivity index is 2.03. The van der Waals surface area contributed by atoms with Crippen LogP contribution >= 0.6 is 11.6 Å². The van der Waals surface area contributed by atoms with E-state index in [0.717, 1.165) is 30.2 Å². The highest BCUT2D eigenvalue weighted by Gasteiger charge is 2.51. The molecule has 100 valence electrons. The minimum Gasteiger partial charge on any atom is -0.382 e. The predicted octanol–water partition coefficient (Wildman–Crippen LogP) is 4.35. The number of benzene rings is 1. The topological polar surface area (TPSA) is 21.3 Å². The Morgan fingerprint density at radius 2 is 2.22 bits per heavy atom. The number of hydrogen-bond acceptors (Lipinski definition) is 2. The SMILES string of the molecule is CCOC1CC(Nc2cccc(Cl)c2)C1(C)CC. The lowest BCUT2D eigenvalue weighted by atomic mass is 9.61. The average Bonchev–Trinajstić information content (AvgIpc) is 2.36. The molecule has 18 heavy (non-hydrogen) atoms. The van der Waals surface area contributed by atoms with E-state index in [1.807, 2.05) is 18.2 Å². The third kappa shape index (κ3) is 2.50. The zero-order chi connectivity index (χ0) is 13.2. The first kappa shape index (κ1) is 13.7. The molecule has 1 aliphatic rings. The van der Waals surface area contributed by atoms with E-state index in [2.05, 4.69) is 32.2 Å². The second-order valence-electron chi connectivity index (χ2n) is 5.25. The first-order valence-corrected chi connectivity index (χ1v) is 7.11. The molecule has 1 saturated carbocycles.